The Morgan fingerprint density at radius 2 is 1.97 bits per heavy atom. The molecule has 0 unspecified atom stereocenters. The summed E-state index contributed by atoms with van der Waals surface area (Å²) in [5.74, 6) is -0.226. The molecule has 0 spiro atoms. The fraction of sp³-hybridized carbons (Fsp3) is 0.182. The van der Waals surface area contributed by atoms with E-state index in [0.29, 0.717) is 41.6 Å². The standard InChI is InChI=1S/C22H17F2N9O2/c23-14-4-2-1-3-13(14)11-33-18(16-5-8-35-30-16)9-17(29-33)20-25-10-15(24)21(26-20)31-6-7-32-19(12-31)27-28-22(32)34/h1-5,8-10H,6-7,11-12H2,(H,28,34). The Kier molecular flexibility index (Phi) is 4.94. The molecule has 0 saturated heterocycles. The molecule has 176 valence electrons. The van der Waals surface area contributed by atoms with E-state index in [0.717, 1.165) is 6.20 Å². The number of benzene rings is 1. The van der Waals surface area contributed by atoms with Crippen LogP contribution < -0.4 is 10.6 Å². The van der Waals surface area contributed by atoms with Gasteiger partial charge in [-0.15, -0.1) is 0 Å². The summed E-state index contributed by atoms with van der Waals surface area (Å²) in [5, 5.41) is 14.9. The Morgan fingerprint density at radius 3 is 2.80 bits per heavy atom. The minimum atomic E-state index is -0.609. The molecule has 5 aromatic rings. The fourth-order valence-corrected chi connectivity index (χ4v) is 4.04. The van der Waals surface area contributed by atoms with Crippen molar-refractivity contribution >= 4 is 5.82 Å². The highest BCUT2D eigenvalue weighted by Gasteiger charge is 2.25. The van der Waals surface area contributed by atoms with E-state index in [4.69, 9.17) is 4.52 Å². The molecule has 1 aliphatic rings. The van der Waals surface area contributed by atoms with Crippen LogP contribution in [0.2, 0.25) is 0 Å². The van der Waals surface area contributed by atoms with Crippen LogP contribution in [0.5, 0.6) is 0 Å². The summed E-state index contributed by atoms with van der Waals surface area (Å²) < 4.78 is 37.1. The summed E-state index contributed by atoms with van der Waals surface area (Å²) in [4.78, 5) is 22.0. The molecule has 0 radical (unpaired) electrons. The zero-order chi connectivity index (χ0) is 23.9. The number of aromatic amines is 1. The van der Waals surface area contributed by atoms with Crippen LogP contribution in [0.3, 0.4) is 0 Å². The molecule has 0 amide bonds. The maximum atomic E-state index is 14.7. The Hall–Kier alpha value is -4.68. The first-order valence-corrected chi connectivity index (χ1v) is 10.7. The van der Waals surface area contributed by atoms with Crippen LogP contribution in [0, 0.1) is 11.6 Å². The van der Waals surface area contributed by atoms with E-state index in [2.05, 4.69) is 30.4 Å². The van der Waals surface area contributed by atoms with Gasteiger partial charge in [-0.05, 0) is 12.1 Å². The van der Waals surface area contributed by atoms with Gasteiger partial charge < -0.3 is 9.42 Å². The first kappa shape index (κ1) is 20.9. The molecule has 1 aliphatic heterocycles. The highest BCUT2D eigenvalue weighted by atomic mass is 19.1. The average Bonchev–Trinajstić information content (AvgIpc) is 3.61. The van der Waals surface area contributed by atoms with Crippen molar-refractivity contribution in [2.24, 2.45) is 0 Å². The van der Waals surface area contributed by atoms with Crippen LogP contribution in [-0.4, -0.2) is 46.2 Å². The van der Waals surface area contributed by atoms with Gasteiger partial charge in [0.05, 0.1) is 25.0 Å². The van der Waals surface area contributed by atoms with E-state index in [1.54, 1.807) is 39.9 Å². The predicted molar refractivity (Wildman–Crippen MR) is 118 cm³/mol. The van der Waals surface area contributed by atoms with Gasteiger partial charge in [0.2, 0.25) is 0 Å². The van der Waals surface area contributed by atoms with Gasteiger partial charge in [0.1, 0.15) is 23.5 Å². The summed E-state index contributed by atoms with van der Waals surface area (Å²) in [6.07, 6.45) is 2.50. The zero-order valence-electron chi connectivity index (χ0n) is 18.1. The van der Waals surface area contributed by atoms with Crippen LogP contribution in [0.1, 0.15) is 11.4 Å². The van der Waals surface area contributed by atoms with Crippen LogP contribution in [0.15, 0.2) is 58.2 Å². The molecule has 1 aromatic carbocycles. The molecule has 5 heterocycles. The van der Waals surface area contributed by atoms with E-state index in [9.17, 15) is 13.6 Å². The molecule has 0 saturated carbocycles. The first-order chi connectivity index (χ1) is 17.1. The Labute approximate surface area is 195 Å². The SMILES string of the molecule is O=c1[nH]nc2n1CCN(c1nc(-c3cc(-c4ccon4)n(Cc4ccccc4F)n3)ncc1F)C2. The monoisotopic (exact) mass is 477 g/mol. The van der Waals surface area contributed by atoms with E-state index < -0.39 is 5.82 Å². The van der Waals surface area contributed by atoms with E-state index >= 15 is 0 Å². The summed E-state index contributed by atoms with van der Waals surface area (Å²) in [6, 6.07) is 9.75. The third-order valence-electron chi connectivity index (χ3n) is 5.78. The highest BCUT2D eigenvalue weighted by Crippen LogP contribution is 2.27. The molecule has 0 aliphatic carbocycles. The summed E-state index contributed by atoms with van der Waals surface area (Å²) >= 11 is 0. The Bertz CT molecular complexity index is 1570. The molecular weight excluding hydrogens is 460 g/mol. The van der Waals surface area contributed by atoms with Gasteiger partial charge in [-0.2, -0.15) is 10.2 Å². The number of halogens is 2. The molecule has 6 rings (SSSR count). The van der Waals surface area contributed by atoms with Gasteiger partial charge in [-0.1, -0.05) is 23.4 Å². The van der Waals surface area contributed by atoms with Gasteiger partial charge in [0.15, 0.2) is 23.3 Å². The molecular formula is C22H17F2N9O2. The summed E-state index contributed by atoms with van der Waals surface area (Å²) in [6.45, 7) is 1.05. The van der Waals surface area contributed by atoms with E-state index in [-0.39, 0.29) is 36.2 Å². The van der Waals surface area contributed by atoms with Gasteiger partial charge in [-0.3, -0.25) is 9.25 Å². The van der Waals surface area contributed by atoms with Crippen LogP contribution in [-0.2, 0) is 19.6 Å². The van der Waals surface area contributed by atoms with E-state index in [1.165, 1.54) is 16.9 Å². The number of aromatic nitrogens is 8. The van der Waals surface area contributed by atoms with Crippen LogP contribution >= 0.6 is 0 Å². The van der Waals surface area contributed by atoms with Gasteiger partial charge >= 0.3 is 5.69 Å². The second-order valence-corrected chi connectivity index (χ2v) is 7.93. The quantitative estimate of drug-likeness (QED) is 0.409. The van der Waals surface area contributed by atoms with Crippen molar-refractivity contribution < 1.29 is 13.3 Å². The predicted octanol–water partition coefficient (Wildman–Crippen LogP) is 2.23. The first-order valence-electron chi connectivity index (χ1n) is 10.7. The van der Waals surface area contributed by atoms with Crippen molar-refractivity contribution in [3.05, 3.63) is 82.4 Å². The van der Waals surface area contributed by atoms with Crippen molar-refractivity contribution in [1.82, 2.24) is 39.7 Å². The maximum absolute atomic E-state index is 14.7. The number of hydrogen-bond acceptors (Lipinski definition) is 8. The van der Waals surface area contributed by atoms with E-state index in [1.807, 2.05) is 0 Å². The Balaban J connectivity index is 1.38. The molecule has 1 N–H and O–H groups in total. The average molecular weight is 477 g/mol. The molecule has 0 atom stereocenters. The summed E-state index contributed by atoms with van der Waals surface area (Å²) in [7, 11) is 0. The number of H-pyrrole nitrogens is 1. The molecule has 4 aromatic heterocycles. The van der Waals surface area contributed by atoms with Crippen molar-refractivity contribution in [2.75, 3.05) is 11.4 Å². The number of nitrogens with one attached hydrogen (secondary N) is 1. The normalized spacial score (nSPS) is 13.3. The lowest BCUT2D eigenvalue weighted by Crippen LogP contribution is -2.38. The van der Waals surface area contributed by atoms with Crippen LogP contribution in [0.25, 0.3) is 22.9 Å². The third kappa shape index (κ3) is 3.76. The topological polar surface area (TPSA) is 124 Å². The van der Waals surface area contributed by atoms with Crippen molar-refractivity contribution in [2.45, 2.75) is 19.6 Å². The third-order valence-corrected chi connectivity index (χ3v) is 5.78. The fourth-order valence-electron chi connectivity index (χ4n) is 4.04. The lowest BCUT2D eigenvalue weighted by Gasteiger charge is -2.27. The van der Waals surface area contributed by atoms with Gasteiger partial charge in [-0.25, -0.2) is 28.6 Å². The van der Waals surface area contributed by atoms with Gasteiger partial charge in [0.25, 0.3) is 0 Å². The molecule has 0 bridgehead atoms. The molecule has 0 fully saturated rings. The van der Waals surface area contributed by atoms with Crippen LogP contribution in [0.4, 0.5) is 14.6 Å². The van der Waals surface area contributed by atoms with Crippen molar-refractivity contribution in [1.29, 1.82) is 0 Å². The summed E-state index contributed by atoms with van der Waals surface area (Å²) in [5.41, 5.74) is 1.55. The van der Waals surface area contributed by atoms with Crippen molar-refractivity contribution in [3.63, 3.8) is 0 Å². The number of fused-ring (bicyclic) bond motifs is 1. The smallest absolute Gasteiger partial charge is 0.343 e. The zero-order valence-corrected chi connectivity index (χ0v) is 18.1. The molecule has 35 heavy (non-hydrogen) atoms. The second kappa shape index (κ2) is 8.27. The maximum Gasteiger partial charge on any atom is 0.343 e. The number of nitrogens with zero attached hydrogens (tertiary/aromatic N) is 8. The van der Waals surface area contributed by atoms with Gasteiger partial charge in [0, 0.05) is 24.7 Å². The number of anilines is 1. The lowest BCUT2D eigenvalue weighted by molar-refractivity contribution is 0.421. The number of rotatable bonds is 5. The Morgan fingerprint density at radius 1 is 1.09 bits per heavy atom. The second-order valence-electron chi connectivity index (χ2n) is 7.93. The molecule has 13 heteroatoms. The minimum Gasteiger partial charge on any atom is -0.364 e. The highest BCUT2D eigenvalue weighted by molar-refractivity contribution is 5.63. The minimum absolute atomic E-state index is 0.0725. The molecule has 11 nitrogen and oxygen atoms in total. The largest absolute Gasteiger partial charge is 0.364 e. The number of hydrogen-bond donors (Lipinski definition) is 1. The lowest BCUT2D eigenvalue weighted by atomic mass is 10.2. The van der Waals surface area contributed by atoms with Crippen molar-refractivity contribution in [3.8, 4) is 22.9 Å².